The average Bonchev–Trinajstić information content (AvgIpc) is 2.87. The SMILES string of the molecule is Cc1nc2c(C)cccn2c1C(=O)NCCCC(=O)NCCO. The number of carbonyl (C=O) groups is 2. The number of aliphatic hydroxyl groups excluding tert-OH is 1. The zero-order valence-electron chi connectivity index (χ0n) is 13.4. The lowest BCUT2D eigenvalue weighted by atomic mass is 10.2. The van der Waals surface area contributed by atoms with Crippen LogP contribution in [0.2, 0.25) is 0 Å². The highest BCUT2D eigenvalue weighted by Gasteiger charge is 2.16. The summed E-state index contributed by atoms with van der Waals surface area (Å²) in [6, 6.07) is 3.83. The summed E-state index contributed by atoms with van der Waals surface area (Å²) in [7, 11) is 0. The third kappa shape index (κ3) is 4.07. The first-order valence-corrected chi connectivity index (χ1v) is 7.64. The molecule has 7 nitrogen and oxygen atoms in total. The van der Waals surface area contributed by atoms with Gasteiger partial charge in [-0.3, -0.25) is 14.0 Å². The number of amides is 2. The first-order chi connectivity index (χ1) is 11.0. The quantitative estimate of drug-likeness (QED) is 0.650. The number of aryl methyl sites for hydroxylation is 2. The van der Waals surface area contributed by atoms with Crippen LogP contribution >= 0.6 is 0 Å². The summed E-state index contributed by atoms with van der Waals surface area (Å²) in [6.07, 6.45) is 2.67. The van der Waals surface area contributed by atoms with Crippen LogP contribution < -0.4 is 10.6 Å². The van der Waals surface area contributed by atoms with Crippen LogP contribution in [0.5, 0.6) is 0 Å². The molecule has 0 unspecified atom stereocenters. The number of rotatable bonds is 7. The Morgan fingerprint density at radius 1 is 1.26 bits per heavy atom. The van der Waals surface area contributed by atoms with Gasteiger partial charge in [0.2, 0.25) is 5.91 Å². The first-order valence-electron chi connectivity index (χ1n) is 7.64. The standard InChI is InChI=1S/C16H22N4O3/c1-11-5-4-9-20-14(12(2)19-15(11)20)16(23)18-7-3-6-13(22)17-8-10-21/h4-5,9,21H,3,6-8,10H2,1-2H3,(H,17,22)(H,18,23). The van der Waals surface area contributed by atoms with Gasteiger partial charge in [-0.2, -0.15) is 0 Å². The highest BCUT2D eigenvalue weighted by atomic mass is 16.3. The van der Waals surface area contributed by atoms with E-state index in [1.54, 1.807) is 4.40 Å². The molecule has 0 radical (unpaired) electrons. The minimum atomic E-state index is -0.198. The Morgan fingerprint density at radius 3 is 2.78 bits per heavy atom. The summed E-state index contributed by atoms with van der Waals surface area (Å²) in [5, 5.41) is 14.0. The minimum absolute atomic E-state index is 0.0740. The molecule has 2 aromatic rings. The Kier molecular flexibility index (Phi) is 5.70. The average molecular weight is 318 g/mol. The second-order valence-electron chi connectivity index (χ2n) is 5.36. The van der Waals surface area contributed by atoms with Crippen LogP contribution in [0, 0.1) is 13.8 Å². The summed E-state index contributed by atoms with van der Waals surface area (Å²) in [6.45, 7) is 4.35. The number of hydrogen-bond donors (Lipinski definition) is 3. The number of pyridine rings is 1. The lowest BCUT2D eigenvalue weighted by Gasteiger charge is -2.07. The molecule has 2 heterocycles. The molecular weight excluding hydrogens is 296 g/mol. The number of nitrogens with one attached hydrogen (secondary N) is 2. The molecule has 23 heavy (non-hydrogen) atoms. The highest BCUT2D eigenvalue weighted by molar-refractivity contribution is 5.94. The highest BCUT2D eigenvalue weighted by Crippen LogP contribution is 2.15. The van der Waals surface area contributed by atoms with E-state index >= 15 is 0 Å². The van der Waals surface area contributed by atoms with Gasteiger partial charge in [0.25, 0.3) is 5.91 Å². The molecule has 0 aromatic carbocycles. The molecule has 0 aliphatic heterocycles. The van der Waals surface area contributed by atoms with Crippen molar-refractivity contribution in [1.82, 2.24) is 20.0 Å². The van der Waals surface area contributed by atoms with Crippen LogP contribution in [-0.4, -0.2) is 46.0 Å². The fourth-order valence-corrected chi connectivity index (χ4v) is 2.41. The zero-order valence-corrected chi connectivity index (χ0v) is 13.4. The van der Waals surface area contributed by atoms with E-state index < -0.39 is 0 Å². The number of aliphatic hydroxyl groups is 1. The number of imidazole rings is 1. The monoisotopic (exact) mass is 318 g/mol. The van der Waals surface area contributed by atoms with Crippen molar-refractivity contribution in [1.29, 1.82) is 0 Å². The molecule has 0 atom stereocenters. The van der Waals surface area contributed by atoms with Gasteiger partial charge in [-0.15, -0.1) is 0 Å². The second-order valence-corrected chi connectivity index (χ2v) is 5.36. The Balaban J connectivity index is 1.93. The van der Waals surface area contributed by atoms with E-state index in [4.69, 9.17) is 5.11 Å². The van der Waals surface area contributed by atoms with Crippen LogP contribution in [0.25, 0.3) is 5.65 Å². The predicted molar refractivity (Wildman–Crippen MR) is 86.3 cm³/mol. The van der Waals surface area contributed by atoms with Crippen LogP contribution in [-0.2, 0) is 4.79 Å². The van der Waals surface area contributed by atoms with E-state index in [-0.39, 0.29) is 25.0 Å². The van der Waals surface area contributed by atoms with Crippen LogP contribution in [0.15, 0.2) is 18.3 Å². The number of carbonyl (C=O) groups excluding carboxylic acids is 2. The predicted octanol–water partition coefficient (Wildman–Crippen LogP) is 0.570. The minimum Gasteiger partial charge on any atom is -0.395 e. The second kappa shape index (κ2) is 7.73. The van der Waals surface area contributed by atoms with Crippen molar-refractivity contribution >= 4 is 17.5 Å². The van der Waals surface area contributed by atoms with Crippen molar-refractivity contribution < 1.29 is 14.7 Å². The van der Waals surface area contributed by atoms with Crippen molar-refractivity contribution in [3.63, 3.8) is 0 Å². The van der Waals surface area contributed by atoms with Gasteiger partial charge in [-0.25, -0.2) is 4.98 Å². The zero-order chi connectivity index (χ0) is 16.8. The number of aromatic nitrogens is 2. The summed E-state index contributed by atoms with van der Waals surface area (Å²) >= 11 is 0. The lowest BCUT2D eigenvalue weighted by molar-refractivity contribution is -0.121. The van der Waals surface area contributed by atoms with Gasteiger partial charge in [-0.1, -0.05) is 6.07 Å². The number of nitrogens with zero attached hydrogens (tertiary/aromatic N) is 2. The van der Waals surface area contributed by atoms with Gasteiger partial charge in [0.15, 0.2) is 0 Å². The molecule has 0 saturated carbocycles. The number of hydrogen-bond acceptors (Lipinski definition) is 4. The van der Waals surface area contributed by atoms with Crippen molar-refractivity contribution in [2.45, 2.75) is 26.7 Å². The normalized spacial score (nSPS) is 10.7. The Labute approximate surface area is 134 Å². The Morgan fingerprint density at radius 2 is 2.04 bits per heavy atom. The molecule has 7 heteroatoms. The first kappa shape index (κ1) is 17.0. The van der Waals surface area contributed by atoms with Crippen LogP contribution in [0.3, 0.4) is 0 Å². The fourth-order valence-electron chi connectivity index (χ4n) is 2.41. The summed E-state index contributed by atoms with van der Waals surface area (Å²) < 4.78 is 1.79. The maximum absolute atomic E-state index is 12.4. The van der Waals surface area contributed by atoms with Gasteiger partial charge in [0.1, 0.15) is 11.3 Å². The van der Waals surface area contributed by atoms with Gasteiger partial charge < -0.3 is 15.7 Å². The number of fused-ring (bicyclic) bond motifs is 1. The third-order valence-corrected chi connectivity index (χ3v) is 3.53. The maximum atomic E-state index is 12.4. The van der Waals surface area contributed by atoms with Crippen molar-refractivity contribution in [3.05, 3.63) is 35.3 Å². The topological polar surface area (TPSA) is 95.7 Å². The van der Waals surface area contributed by atoms with Crippen LogP contribution in [0.4, 0.5) is 0 Å². The van der Waals surface area contributed by atoms with Crippen molar-refractivity contribution in [3.8, 4) is 0 Å². The lowest BCUT2D eigenvalue weighted by Crippen LogP contribution is -2.29. The molecule has 124 valence electrons. The smallest absolute Gasteiger partial charge is 0.270 e. The van der Waals surface area contributed by atoms with Gasteiger partial charge in [-0.05, 0) is 31.9 Å². The third-order valence-electron chi connectivity index (χ3n) is 3.53. The molecule has 2 rings (SSSR count). The van der Waals surface area contributed by atoms with E-state index in [9.17, 15) is 9.59 Å². The largest absolute Gasteiger partial charge is 0.395 e. The van der Waals surface area contributed by atoms with E-state index in [1.165, 1.54) is 0 Å². The molecule has 0 aliphatic rings. The molecule has 0 saturated heterocycles. The van der Waals surface area contributed by atoms with Gasteiger partial charge >= 0.3 is 0 Å². The maximum Gasteiger partial charge on any atom is 0.270 e. The van der Waals surface area contributed by atoms with Gasteiger partial charge in [0.05, 0.1) is 12.3 Å². The summed E-state index contributed by atoms with van der Waals surface area (Å²) in [5.41, 5.74) is 2.99. The van der Waals surface area contributed by atoms with Crippen molar-refractivity contribution in [2.75, 3.05) is 19.7 Å². The van der Waals surface area contributed by atoms with Crippen LogP contribution in [0.1, 0.15) is 34.6 Å². The molecule has 0 fully saturated rings. The van der Waals surface area contributed by atoms with E-state index in [1.807, 2.05) is 32.2 Å². The Bertz CT molecular complexity index is 709. The molecular formula is C16H22N4O3. The molecule has 2 aromatic heterocycles. The fraction of sp³-hybridized carbons (Fsp3) is 0.438. The Hall–Kier alpha value is -2.41. The molecule has 3 N–H and O–H groups in total. The molecule has 0 aliphatic carbocycles. The van der Waals surface area contributed by atoms with E-state index in [2.05, 4.69) is 15.6 Å². The van der Waals surface area contributed by atoms with E-state index in [0.717, 1.165) is 11.2 Å². The van der Waals surface area contributed by atoms with Gasteiger partial charge in [0, 0.05) is 25.7 Å². The molecule has 0 bridgehead atoms. The molecule has 0 spiro atoms. The van der Waals surface area contributed by atoms with Crippen molar-refractivity contribution in [2.24, 2.45) is 0 Å². The summed E-state index contributed by atoms with van der Waals surface area (Å²) in [5.74, 6) is -0.328. The summed E-state index contributed by atoms with van der Waals surface area (Å²) in [4.78, 5) is 28.2. The van der Waals surface area contributed by atoms with E-state index in [0.29, 0.717) is 30.8 Å². The molecule has 2 amide bonds.